The van der Waals surface area contributed by atoms with Crippen LogP contribution in [0.1, 0.15) is 63.3 Å². The van der Waals surface area contributed by atoms with Crippen LogP contribution in [0.15, 0.2) is 30.5 Å². The molecule has 3 rings (SSSR count). The van der Waals surface area contributed by atoms with Crippen molar-refractivity contribution in [3.8, 4) is 5.75 Å². The van der Waals surface area contributed by atoms with Crippen LogP contribution < -0.4 is 10.1 Å². The van der Waals surface area contributed by atoms with Gasteiger partial charge in [-0.1, -0.05) is 38.5 Å². The lowest BCUT2D eigenvalue weighted by Gasteiger charge is -2.32. The highest BCUT2D eigenvalue weighted by Crippen LogP contribution is 2.27. The van der Waals surface area contributed by atoms with Crippen LogP contribution in [-0.4, -0.2) is 34.5 Å². The number of hydrogen-bond donors (Lipinski definition) is 1. The summed E-state index contributed by atoms with van der Waals surface area (Å²) in [4.78, 5) is 20.6. The third kappa shape index (κ3) is 5.32. The SMILES string of the molecule is CC(Oc1ccccc1C(C)C)C(=O)Nc1ncc(CN2CCCCC2C)s1. The van der Waals surface area contributed by atoms with Gasteiger partial charge in [0.2, 0.25) is 0 Å². The number of para-hydroxylation sites is 1. The lowest BCUT2D eigenvalue weighted by atomic mass is 10.0. The van der Waals surface area contributed by atoms with E-state index in [9.17, 15) is 4.79 Å². The van der Waals surface area contributed by atoms with Gasteiger partial charge in [-0.3, -0.25) is 15.0 Å². The lowest BCUT2D eigenvalue weighted by molar-refractivity contribution is -0.122. The molecule has 152 valence electrons. The average molecular weight is 402 g/mol. The Kier molecular flexibility index (Phi) is 7.08. The van der Waals surface area contributed by atoms with Crippen molar-refractivity contribution in [1.29, 1.82) is 0 Å². The van der Waals surface area contributed by atoms with Gasteiger partial charge in [-0.05, 0) is 50.8 Å². The second-order valence-corrected chi connectivity index (χ2v) is 9.00. The van der Waals surface area contributed by atoms with Gasteiger partial charge in [-0.25, -0.2) is 4.98 Å². The third-order valence-corrected chi connectivity index (χ3v) is 6.19. The van der Waals surface area contributed by atoms with Crippen LogP contribution in [0.5, 0.6) is 5.75 Å². The van der Waals surface area contributed by atoms with E-state index in [2.05, 4.69) is 36.0 Å². The van der Waals surface area contributed by atoms with Crippen LogP contribution in [0.4, 0.5) is 5.13 Å². The molecule has 2 heterocycles. The maximum atomic E-state index is 12.6. The molecule has 1 aliphatic rings. The average Bonchev–Trinajstić information content (AvgIpc) is 3.10. The molecule has 0 spiro atoms. The van der Waals surface area contributed by atoms with Crippen molar-refractivity contribution in [3.63, 3.8) is 0 Å². The van der Waals surface area contributed by atoms with Crippen LogP contribution in [0.2, 0.25) is 0 Å². The molecular weight excluding hydrogens is 370 g/mol. The van der Waals surface area contributed by atoms with Gasteiger partial charge in [0.05, 0.1) is 0 Å². The molecule has 0 bridgehead atoms. The van der Waals surface area contributed by atoms with Gasteiger partial charge in [0.1, 0.15) is 5.75 Å². The Labute approximate surface area is 172 Å². The molecule has 1 N–H and O–H groups in total. The standard InChI is InChI=1S/C22H31N3O2S/c1-15(2)19-10-5-6-11-20(19)27-17(4)21(26)24-22-23-13-18(28-22)14-25-12-8-7-9-16(25)3/h5-6,10-11,13,15-17H,7-9,12,14H2,1-4H3,(H,23,24,26). The molecule has 1 aromatic heterocycles. The number of hydrogen-bond acceptors (Lipinski definition) is 5. The molecule has 2 unspecified atom stereocenters. The molecule has 0 aliphatic carbocycles. The van der Waals surface area contributed by atoms with E-state index >= 15 is 0 Å². The number of likely N-dealkylation sites (tertiary alicyclic amines) is 1. The first kappa shape index (κ1) is 20.8. The molecule has 2 atom stereocenters. The fourth-order valence-corrected chi connectivity index (χ4v) is 4.39. The summed E-state index contributed by atoms with van der Waals surface area (Å²) in [6.07, 6.45) is 5.13. The van der Waals surface area contributed by atoms with Gasteiger partial charge in [0.15, 0.2) is 11.2 Å². The normalized spacial score (nSPS) is 18.8. The van der Waals surface area contributed by atoms with E-state index in [0.29, 0.717) is 17.1 Å². The molecular formula is C22H31N3O2S. The first-order chi connectivity index (χ1) is 13.4. The molecule has 0 radical (unpaired) electrons. The monoisotopic (exact) mass is 401 g/mol. The maximum absolute atomic E-state index is 12.6. The number of amides is 1. The molecule has 1 fully saturated rings. The fourth-order valence-electron chi connectivity index (χ4n) is 3.55. The van der Waals surface area contributed by atoms with Gasteiger partial charge in [0.25, 0.3) is 5.91 Å². The molecule has 0 saturated carbocycles. The van der Waals surface area contributed by atoms with Gasteiger partial charge in [-0.15, -0.1) is 11.3 Å². The molecule has 5 nitrogen and oxygen atoms in total. The topological polar surface area (TPSA) is 54.5 Å². The first-order valence-electron chi connectivity index (χ1n) is 10.2. The Bertz CT molecular complexity index is 790. The smallest absolute Gasteiger partial charge is 0.266 e. The summed E-state index contributed by atoms with van der Waals surface area (Å²) in [5, 5.41) is 3.54. The van der Waals surface area contributed by atoms with E-state index in [0.717, 1.165) is 24.4 Å². The molecule has 1 aliphatic heterocycles. The zero-order valence-electron chi connectivity index (χ0n) is 17.3. The number of anilines is 1. The van der Waals surface area contributed by atoms with Crippen molar-refractivity contribution in [2.24, 2.45) is 0 Å². The van der Waals surface area contributed by atoms with Gasteiger partial charge >= 0.3 is 0 Å². The summed E-state index contributed by atoms with van der Waals surface area (Å²) >= 11 is 1.55. The number of ether oxygens (including phenoxy) is 1. The second kappa shape index (κ2) is 9.52. The third-order valence-electron chi connectivity index (χ3n) is 5.30. The predicted molar refractivity (Wildman–Crippen MR) is 115 cm³/mol. The number of piperidine rings is 1. The van der Waals surface area contributed by atoms with Crippen LogP contribution in [0.25, 0.3) is 0 Å². The lowest BCUT2D eigenvalue weighted by Crippen LogP contribution is -2.36. The van der Waals surface area contributed by atoms with E-state index in [4.69, 9.17) is 4.74 Å². The number of nitrogens with one attached hydrogen (secondary N) is 1. The van der Waals surface area contributed by atoms with Crippen LogP contribution in [0, 0.1) is 0 Å². The molecule has 6 heteroatoms. The van der Waals surface area contributed by atoms with E-state index in [1.54, 1.807) is 18.3 Å². The quantitative estimate of drug-likeness (QED) is 0.706. The van der Waals surface area contributed by atoms with Crippen molar-refractivity contribution < 1.29 is 9.53 Å². The summed E-state index contributed by atoms with van der Waals surface area (Å²) < 4.78 is 5.94. The molecule has 28 heavy (non-hydrogen) atoms. The highest BCUT2D eigenvalue weighted by Gasteiger charge is 2.21. The minimum Gasteiger partial charge on any atom is -0.481 e. The van der Waals surface area contributed by atoms with Crippen LogP contribution >= 0.6 is 11.3 Å². The Morgan fingerprint density at radius 2 is 2.11 bits per heavy atom. The van der Waals surface area contributed by atoms with Crippen LogP contribution in [-0.2, 0) is 11.3 Å². The van der Waals surface area contributed by atoms with E-state index < -0.39 is 6.10 Å². The van der Waals surface area contributed by atoms with E-state index in [-0.39, 0.29) is 5.91 Å². The Balaban J connectivity index is 1.57. The van der Waals surface area contributed by atoms with Gasteiger partial charge in [0, 0.05) is 23.7 Å². The molecule has 1 amide bonds. The predicted octanol–water partition coefficient (Wildman–Crippen LogP) is 5.05. The van der Waals surface area contributed by atoms with Crippen LogP contribution in [0.3, 0.4) is 0 Å². The number of carbonyl (C=O) groups is 1. The van der Waals surface area contributed by atoms with Crippen molar-refractivity contribution in [3.05, 3.63) is 40.9 Å². The summed E-state index contributed by atoms with van der Waals surface area (Å²) in [6.45, 7) is 10.3. The summed E-state index contributed by atoms with van der Waals surface area (Å²) in [5.41, 5.74) is 1.11. The Hall–Kier alpha value is -1.92. The largest absolute Gasteiger partial charge is 0.481 e. The number of thiazole rings is 1. The van der Waals surface area contributed by atoms with E-state index in [1.807, 2.05) is 30.5 Å². The Morgan fingerprint density at radius 3 is 2.86 bits per heavy atom. The zero-order chi connectivity index (χ0) is 20.1. The Morgan fingerprint density at radius 1 is 1.32 bits per heavy atom. The second-order valence-electron chi connectivity index (χ2n) is 7.89. The summed E-state index contributed by atoms with van der Waals surface area (Å²) in [5.74, 6) is 0.926. The number of carbonyl (C=O) groups excluding carboxylic acids is 1. The zero-order valence-corrected chi connectivity index (χ0v) is 18.1. The van der Waals surface area contributed by atoms with Crippen molar-refractivity contribution >= 4 is 22.4 Å². The highest BCUT2D eigenvalue weighted by atomic mass is 32.1. The number of aromatic nitrogens is 1. The fraction of sp³-hybridized carbons (Fsp3) is 0.545. The summed E-state index contributed by atoms with van der Waals surface area (Å²) in [7, 11) is 0. The van der Waals surface area contributed by atoms with Gasteiger partial charge in [-0.2, -0.15) is 0 Å². The summed E-state index contributed by atoms with van der Waals surface area (Å²) in [6, 6.07) is 8.50. The highest BCUT2D eigenvalue weighted by molar-refractivity contribution is 7.15. The van der Waals surface area contributed by atoms with Crippen molar-refractivity contribution in [1.82, 2.24) is 9.88 Å². The van der Waals surface area contributed by atoms with Crippen molar-refractivity contribution in [2.45, 2.75) is 71.6 Å². The van der Waals surface area contributed by atoms with Gasteiger partial charge < -0.3 is 4.74 Å². The molecule has 2 aromatic rings. The van der Waals surface area contributed by atoms with E-state index in [1.165, 1.54) is 24.1 Å². The molecule has 1 aromatic carbocycles. The minimum absolute atomic E-state index is 0.175. The maximum Gasteiger partial charge on any atom is 0.266 e. The molecule has 1 saturated heterocycles. The number of rotatable bonds is 7. The number of benzene rings is 1. The minimum atomic E-state index is -0.589. The van der Waals surface area contributed by atoms with Crippen molar-refractivity contribution in [2.75, 3.05) is 11.9 Å². The number of nitrogens with zero attached hydrogens (tertiary/aromatic N) is 2. The first-order valence-corrected chi connectivity index (χ1v) is 11.0.